The van der Waals surface area contributed by atoms with Crippen molar-refractivity contribution >= 4 is 33.9 Å². The maximum Gasteiger partial charge on any atom is 0.0713 e. The van der Waals surface area contributed by atoms with Gasteiger partial charge in [0.15, 0.2) is 0 Å². The van der Waals surface area contributed by atoms with E-state index in [2.05, 4.69) is 242 Å². The Morgan fingerprint density at radius 1 is 0.500 bits per heavy atom. The van der Waals surface area contributed by atoms with E-state index in [0.29, 0.717) is 0 Å². The smallest absolute Gasteiger partial charge is 0.0713 e. The van der Waals surface area contributed by atoms with Gasteiger partial charge >= 0.3 is 0 Å². The summed E-state index contributed by atoms with van der Waals surface area (Å²) in [6.45, 7) is 4.75. The molecule has 1 aromatic heterocycles. The summed E-state index contributed by atoms with van der Waals surface area (Å²) in [5, 5.41) is 1.29. The molecule has 4 aliphatic rings. The Hall–Kier alpha value is -7.68. The monoisotopic (exact) mass is 846 g/mol. The van der Waals surface area contributed by atoms with E-state index in [0.717, 1.165) is 25.7 Å². The highest BCUT2D eigenvalue weighted by molar-refractivity contribution is 6.00. The molecule has 2 heteroatoms. The van der Waals surface area contributed by atoms with Crippen LogP contribution in [0.1, 0.15) is 83.3 Å². The number of benzene rings is 8. The van der Waals surface area contributed by atoms with Crippen LogP contribution < -0.4 is 4.90 Å². The summed E-state index contributed by atoms with van der Waals surface area (Å²) in [7, 11) is 0. The van der Waals surface area contributed by atoms with Crippen LogP contribution in [0.3, 0.4) is 0 Å². The van der Waals surface area contributed by atoms with Gasteiger partial charge in [0.05, 0.1) is 10.9 Å². The molecular formula is C64H50N2. The fraction of sp³-hybridized carbons (Fsp3) is 0.125. The number of aromatic nitrogens is 1. The largest absolute Gasteiger partial charge is 0.314 e. The SMILES string of the molecule is CC1(C)c2ccccc2-c2ccc(N(C3=CC=CCC3)c3ccc(C4=Cc5c(n(-c6ccccc6)c6ccc(C7(c8ccccc8)c8ccccc8-c8ccccc87)cc56)CC4)cc3)cc21. The molecule has 0 unspecified atom stereocenters. The summed E-state index contributed by atoms with van der Waals surface area (Å²) in [6.07, 6.45) is 13.3. The number of nitrogens with zero attached hydrogens (tertiary/aromatic N) is 2. The van der Waals surface area contributed by atoms with Crippen LogP contribution in [0.15, 0.2) is 218 Å². The molecule has 0 aliphatic heterocycles. The van der Waals surface area contributed by atoms with E-state index in [1.807, 2.05) is 0 Å². The van der Waals surface area contributed by atoms with Gasteiger partial charge in [0.25, 0.3) is 0 Å². The lowest BCUT2D eigenvalue weighted by Crippen LogP contribution is -2.28. The summed E-state index contributed by atoms with van der Waals surface area (Å²) in [6, 6.07) is 73.1. The third-order valence-electron chi connectivity index (χ3n) is 15.3. The Bertz CT molecular complexity index is 3440. The van der Waals surface area contributed by atoms with Crippen molar-refractivity contribution < 1.29 is 0 Å². The summed E-state index contributed by atoms with van der Waals surface area (Å²) in [5.41, 5.74) is 24.4. The second-order valence-electron chi connectivity index (χ2n) is 19.0. The van der Waals surface area contributed by atoms with E-state index >= 15 is 0 Å². The third kappa shape index (κ3) is 5.67. The second-order valence-corrected chi connectivity index (χ2v) is 19.0. The number of allylic oxidation sites excluding steroid dienone is 5. The fourth-order valence-electron chi connectivity index (χ4n) is 12.2. The van der Waals surface area contributed by atoms with E-state index in [4.69, 9.17) is 0 Å². The van der Waals surface area contributed by atoms with E-state index in [-0.39, 0.29) is 5.41 Å². The highest BCUT2D eigenvalue weighted by Crippen LogP contribution is 2.57. The zero-order chi connectivity index (χ0) is 44.0. The van der Waals surface area contributed by atoms with E-state index in [1.54, 1.807) is 0 Å². The predicted octanol–water partition coefficient (Wildman–Crippen LogP) is 16.2. The van der Waals surface area contributed by atoms with Crippen LogP contribution in [0, 0.1) is 0 Å². The molecule has 9 aromatic rings. The van der Waals surface area contributed by atoms with Gasteiger partial charge < -0.3 is 9.47 Å². The summed E-state index contributed by atoms with van der Waals surface area (Å²) in [4.78, 5) is 2.50. The molecule has 1 heterocycles. The van der Waals surface area contributed by atoms with Gasteiger partial charge in [0.2, 0.25) is 0 Å². The van der Waals surface area contributed by atoms with Crippen molar-refractivity contribution in [3.05, 3.63) is 268 Å². The van der Waals surface area contributed by atoms with Crippen molar-refractivity contribution in [2.45, 2.75) is 50.4 Å². The van der Waals surface area contributed by atoms with E-state index in [9.17, 15) is 0 Å². The van der Waals surface area contributed by atoms with Gasteiger partial charge in [-0.05, 0) is 153 Å². The van der Waals surface area contributed by atoms with Gasteiger partial charge in [-0.1, -0.05) is 172 Å². The predicted molar refractivity (Wildman–Crippen MR) is 276 cm³/mol. The third-order valence-corrected chi connectivity index (χ3v) is 15.3. The maximum absolute atomic E-state index is 2.53. The maximum atomic E-state index is 2.53. The molecule has 0 N–H and O–H groups in total. The van der Waals surface area contributed by atoms with Gasteiger partial charge in [-0.15, -0.1) is 0 Å². The molecule has 2 nitrogen and oxygen atoms in total. The molecule has 0 spiro atoms. The zero-order valence-electron chi connectivity index (χ0n) is 37.5. The first kappa shape index (κ1) is 38.8. The van der Waals surface area contributed by atoms with Crippen molar-refractivity contribution in [2.24, 2.45) is 0 Å². The summed E-state index contributed by atoms with van der Waals surface area (Å²) < 4.78 is 2.52. The lowest BCUT2D eigenvalue weighted by molar-refractivity contribution is 0.660. The molecule has 316 valence electrons. The molecule has 0 fully saturated rings. The van der Waals surface area contributed by atoms with Crippen molar-refractivity contribution in [3.63, 3.8) is 0 Å². The molecule has 0 saturated heterocycles. The Kier molecular flexibility index (Phi) is 8.77. The lowest BCUT2D eigenvalue weighted by atomic mass is 9.67. The number of anilines is 2. The Morgan fingerprint density at radius 3 is 1.82 bits per heavy atom. The van der Waals surface area contributed by atoms with Gasteiger partial charge in [-0.2, -0.15) is 0 Å². The zero-order valence-corrected chi connectivity index (χ0v) is 37.5. The van der Waals surface area contributed by atoms with Crippen molar-refractivity contribution in [3.8, 4) is 27.9 Å². The average molecular weight is 847 g/mol. The van der Waals surface area contributed by atoms with Crippen LogP contribution in [0.2, 0.25) is 0 Å². The topological polar surface area (TPSA) is 8.17 Å². The van der Waals surface area contributed by atoms with Gasteiger partial charge in [0.1, 0.15) is 0 Å². The van der Waals surface area contributed by atoms with E-state index < -0.39 is 5.41 Å². The highest BCUT2D eigenvalue weighted by Gasteiger charge is 2.46. The highest BCUT2D eigenvalue weighted by atomic mass is 15.1. The van der Waals surface area contributed by atoms with Crippen LogP contribution in [-0.4, -0.2) is 4.57 Å². The molecule has 0 bridgehead atoms. The molecule has 0 radical (unpaired) electrons. The normalized spacial score (nSPS) is 15.8. The number of rotatable bonds is 7. The van der Waals surface area contributed by atoms with Crippen LogP contribution in [-0.2, 0) is 17.3 Å². The minimum atomic E-state index is -0.463. The van der Waals surface area contributed by atoms with Gasteiger partial charge in [-0.25, -0.2) is 0 Å². The molecule has 13 rings (SSSR count). The summed E-state index contributed by atoms with van der Waals surface area (Å²) in [5.74, 6) is 0. The molecule has 4 aliphatic carbocycles. The Labute approximate surface area is 388 Å². The molecule has 8 aromatic carbocycles. The van der Waals surface area contributed by atoms with Crippen molar-refractivity contribution in [1.82, 2.24) is 4.57 Å². The van der Waals surface area contributed by atoms with Crippen LogP contribution in [0.25, 0.3) is 50.5 Å². The number of hydrogen-bond acceptors (Lipinski definition) is 1. The molecule has 0 amide bonds. The van der Waals surface area contributed by atoms with Gasteiger partial charge in [0, 0.05) is 44.8 Å². The molecule has 0 atom stereocenters. The minimum Gasteiger partial charge on any atom is -0.314 e. The Balaban J connectivity index is 0.949. The van der Waals surface area contributed by atoms with Gasteiger partial charge in [-0.3, -0.25) is 0 Å². The van der Waals surface area contributed by atoms with Crippen LogP contribution in [0.4, 0.5) is 11.4 Å². The first-order chi connectivity index (χ1) is 32.5. The van der Waals surface area contributed by atoms with Crippen LogP contribution >= 0.6 is 0 Å². The lowest BCUT2D eigenvalue weighted by Gasteiger charge is -2.34. The van der Waals surface area contributed by atoms with Crippen molar-refractivity contribution in [1.29, 1.82) is 0 Å². The molecule has 0 saturated carbocycles. The second kappa shape index (κ2) is 14.9. The van der Waals surface area contributed by atoms with Crippen molar-refractivity contribution in [2.75, 3.05) is 4.90 Å². The average Bonchev–Trinajstić information content (AvgIpc) is 3.95. The van der Waals surface area contributed by atoms with E-state index in [1.165, 1.54) is 112 Å². The first-order valence-electron chi connectivity index (χ1n) is 23.7. The standard InChI is InChI=1S/C64H50N2/c1-63(2)57-27-15-12-24-51(57)54-37-36-50(42-60(54)63)65(47-20-8-4-9-21-47)49-34-30-43(31-35-49)44-32-38-61-55(40-44)56-41-46(33-39-62(56)66(61)48-22-10-5-11-23-48)64(45-18-6-3-7-19-45)58-28-16-13-25-52(58)53-26-14-17-29-59(53)64/h3-8,10-20,22-31,33-37,39-42H,9,21,32,38H2,1-2H3. The van der Waals surface area contributed by atoms with Crippen LogP contribution in [0.5, 0.6) is 0 Å². The number of hydrogen-bond donors (Lipinski definition) is 0. The minimum absolute atomic E-state index is 0.0662. The fourth-order valence-corrected chi connectivity index (χ4v) is 12.2. The first-order valence-corrected chi connectivity index (χ1v) is 23.7. The quantitative estimate of drug-likeness (QED) is 0.155. The molecular weight excluding hydrogens is 797 g/mol. The summed E-state index contributed by atoms with van der Waals surface area (Å²) >= 11 is 0. The molecule has 66 heavy (non-hydrogen) atoms. The Morgan fingerprint density at radius 2 is 1.12 bits per heavy atom. The number of para-hydroxylation sites is 1. The number of fused-ring (bicyclic) bond motifs is 9.